The number of hydrogen-bond donors (Lipinski definition) is 2. The van der Waals surface area contributed by atoms with Gasteiger partial charge in [-0.2, -0.15) is 13.2 Å². The van der Waals surface area contributed by atoms with Crippen LogP contribution in [0.15, 0.2) is 48.5 Å². The van der Waals surface area contributed by atoms with E-state index in [1.54, 1.807) is 0 Å². The minimum atomic E-state index is -4.56. The monoisotopic (exact) mass is 324 g/mol. The van der Waals surface area contributed by atoms with Crippen LogP contribution in [0.3, 0.4) is 0 Å². The number of carboxylic acid groups (broad SMARTS) is 1. The number of amides is 2. The number of hydrogen-bond acceptors (Lipinski definition) is 2. The molecule has 0 unspecified atom stereocenters. The molecule has 3 N–H and O–H groups in total. The second-order valence-corrected chi connectivity index (χ2v) is 4.57. The van der Waals surface area contributed by atoms with Gasteiger partial charge in [-0.3, -0.25) is 4.90 Å². The van der Waals surface area contributed by atoms with Crippen LogP contribution >= 0.6 is 0 Å². The van der Waals surface area contributed by atoms with Crippen LogP contribution in [0.5, 0.6) is 0 Å². The average Bonchev–Trinajstić information content (AvgIpc) is 2.47. The molecular formula is C15H11F3N2O3. The second kappa shape index (κ2) is 5.99. The van der Waals surface area contributed by atoms with Gasteiger partial charge >= 0.3 is 18.2 Å². The van der Waals surface area contributed by atoms with Crippen molar-refractivity contribution in [2.75, 3.05) is 4.90 Å². The number of carbonyl (C=O) groups is 2. The van der Waals surface area contributed by atoms with Crippen molar-refractivity contribution in [3.05, 3.63) is 59.7 Å². The zero-order valence-electron chi connectivity index (χ0n) is 11.5. The molecule has 2 aromatic carbocycles. The number of nitrogens with zero attached hydrogens (tertiary/aromatic N) is 1. The van der Waals surface area contributed by atoms with Crippen LogP contribution in [-0.4, -0.2) is 17.1 Å². The fourth-order valence-electron chi connectivity index (χ4n) is 1.98. The fourth-order valence-corrected chi connectivity index (χ4v) is 1.98. The van der Waals surface area contributed by atoms with Gasteiger partial charge < -0.3 is 10.8 Å². The third-order valence-electron chi connectivity index (χ3n) is 3.02. The Kier molecular flexibility index (Phi) is 4.26. The Morgan fingerprint density at radius 2 is 1.61 bits per heavy atom. The summed E-state index contributed by atoms with van der Waals surface area (Å²) in [7, 11) is 0. The van der Waals surface area contributed by atoms with E-state index < -0.39 is 23.7 Å². The lowest BCUT2D eigenvalue weighted by molar-refractivity contribution is -0.137. The van der Waals surface area contributed by atoms with Gasteiger partial charge in [-0.15, -0.1) is 0 Å². The lowest BCUT2D eigenvalue weighted by Gasteiger charge is -2.21. The van der Waals surface area contributed by atoms with Gasteiger partial charge in [-0.05, 0) is 42.5 Å². The summed E-state index contributed by atoms with van der Waals surface area (Å²) in [4.78, 5) is 23.3. The molecule has 23 heavy (non-hydrogen) atoms. The van der Waals surface area contributed by atoms with Crippen LogP contribution in [-0.2, 0) is 6.18 Å². The molecule has 0 saturated heterocycles. The first-order valence-electron chi connectivity index (χ1n) is 6.30. The summed E-state index contributed by atoms with van der Waals surface area (Å²) in [6, 6.07) is 8.13. The third kappa shape index (κ3) is 3.60. The molecule has 0 heterocycles. The number of aromatic carboxylic acids is 1. The number of benzene rings is 2. The number of rotatable bonds is 3. The number of halogens is 3. The number of carbonyl (C=O) groups excluding carboxylic acids is 1. The van der Waals surface area contributed by atoms with E-state index in [2.05, 4.69) is 0 Å². The van der Waals surface area contributed by atoms with Crippen LogP contribution in [0.1, 0.15) is 15.9 Å². The van der Waals surface area contributed by atoms with Gasteiger partial charge in [0, 0.05) is 0 Å². The van der Waals surface area contributed by atoms with Gasteiger partial charge in [-0.25, -0.2) is 9.59 Å². The molecule has 0 radical (unpaired) electrons. The van der Waals surface area contributed by atoms with E-state index in [1.165, 1.54) is 30.3 Å². The molecule has 0 spiro atoms. The normalized spacial score (nSPS) is 11.1. The Bertz CT molecular complexity index is 742. The number of primary amides is 1. The number of nitrogens with two attached hydrogens (primary N) is 1. The maximum atomic E-state index is 12.8. The Balaban J connectivity index is 2.47. The Hall–Kier alpha value is -3.03. The minimum Gasteiger partial charge on any atom is -0.478 e. The molecule has 0 fully saturated rings. The van der Waals surface area contributed by atoms with E-state index in [1.807, 2.05) is 0 Å². The highest BCUT2D eigenvalue weighted by atomic mass is 19.4. The summed E-state index contributed by atoms with van der Waals surface area (Å²) in [6.07, 6.45) is -4.56. The quantitative estimate of drug-likeness (QED) is 0.904. The summed E-state index contributed by atoms with van der Waals surface area (Å²) >= 11 is 0. The summed E-state index contributed by atoms with van der Waals surface area (Å²) in [5, 5.41) is 8.84. The average molecular weight is 324 g/mol. The standard InChI is InChI=1S/C15H11F3N2O3/c16-15(17,18)10-2-1-3-12(8-10)20(14(19)23)11-6-4-9(5-7-11)13(21)22/h1-8H,(H2,19,23)(H,21,22). The smallest absolute Gasteiger partial charge is 0.416 e. The summed E-state index contributed by atoms with van der Waals surface area (Å²) in [5.41, 5.74) is 4.37. The van der Waals surface area contributed by atoms with Crippen molar-refractivity contribution in [3.8, 4) is 0 Å². The number of carboxylic acids is 1. The molecule has 0 saturated carbocycles. The van der Waals surface area contributed by atoms with E-state index in [0.29, 0.717) is 0 Å². The number of anilines is 2. The topological polar surface area (TPSA) is 83.6 Å². The van der Waals surface area contributed by atoms with Crippen molar-refractivity contribution in [1.82, 2.24) is 0 Å². The molecule has 0 aromatic heterocycles. The fraction of sp³-hybridized carbons (Fsp3) is 0.0667. The van der Waals surface area contributed by atoms with Crippen LogP contribution in [0.2, 0.25) is 0 Å². The number of urea groups is 1. The highest BCUT2D eigenvalue weighted by molar-refractivity contribution is 5.99. The van der Waals surface area contributed by atoms with Gasteiger partial charge in [0.1, 0.15) is 0 Å². The molecule has 0 aliphatic carbocycles. The van der Waals surface area contributed by atoms with Crippen molar-refractivity contribution < 1.29 is 27.9 Å². The Labute approximate surface area is 128 Å². The molecule has 0 aliphatic heterocycles. The predicted octanol–water partition coefficient (Wildman–Crippen LogP) is 3.62. The van der Waals surface area contributed by atoms with E-state index in [-0.39, 0.29) is 16.9 Å². The molecule has 0 atom stereocenters. The first-order chi connectivity index (χ1) is 10.7. The zero-order chi connectivity index (χ0) is 17.2. The highest BCUT2D eigenvalue weighted by Gasteiger charge is 2.31. The first-order valence-corrected chi connectivity index (χ1v) is 6.30. The van der Waals surface area contributed by atoms with Crippen LogP contribution < -0.4 is 10.6 Å². The molecule has 120 valence electrons. The van der Waals surface area contributed by atoms with Gasteiger partial charge in [0.05, 0.1) is 22.5 Å². The molecule has 2 rings (SSSR count). The Morgan fingerprint density at radius 3 is 2.09 bits per heavy atom. The molecule has 5 nitrogen and oxygen atoms in total. The van der Waals surface area contributed by atoms with E-state index in [9.17, 15) is 22.8 Å². The summed E-state index contributed by atoms with van der Waals surface area (Å²) < 4.78 is 38.3. The molecule has 8 heteroatoms. The minimum absolute atomic E-state index is 0.0257. The molecule has 2 amide bonds. The van der Waals surface area contributed by atoms with Gasteiger partial charge in [0.15, 0.2) is 0 Å². The number of alkyl halides is 3. The molecule has 0 aliphatic rings. The van der Waals surface area contributed by atoms with Gasteiger partial charge in [0.2, 0.25) is 0 Å². The van der Waals surface area contributed by atoms with Crippen LogP contribution in [0.4, 0.5) is 29.3 Å². The maximum Gasteiger partial charge on any atom is 0.416 e. The van der Waals surface area contributed by atoms with Crippen molar-refractivity contribution in [1.29, 1.82) is 0 Å². The SMILES string of the molecule is NC(=O)N(c1ccc(C(=O)O)cc1)c1cccc(C(F)(F)F)c1. The first kappa shape index (κ1) is 16.3. The molecule has 0 bridgehead atoms. The third-order valence-corrected chi connectivity index (χ3v) is 3.02. The van der Waals surface area contributed by atoms with Crippen molar-refractivity contribution in [2.24, 2.45) is 5.73 Å². The molecular weight excluding hydrogens is 313 g/mol. The van der Waals surface area contributed by atoms with E-state index in [4.69, 9.17) is 10.8 Å². The predicted molar refractivity (Wildman–Crippen MR) is 76.6 cm³/mol. The van der Waals surface area contributed by atoms with Crippen molar-refractivity contribution >= 4 is 23.4 Å². The van der Waals surface area contributed by atoms with Crippen LogP contribution in [0.25, 0.3) is 0 Å². The zero-order valence-corrected chi connectivity index (χ0v) is 11.5. The summed E-state index contributed by atoms with van der Waals surface area (Å²) in [6.45, 7) is 0. The van der Waals surface area contributed by atoms with Gasteiger partial charge in [-0.1, -0.05) is 6.07 Å². The lowest BCUT2D eigenvalue weighted by Crippen LogP contribution is -2.31. The van der Waals surface area contributed by atoms with Crippen molar-refractivity contribution in [2.45, 2.75) is 6.18 Å². The van der Waals surface area contributed by atoms with E-state index >= 15 is 0 Å². The summed E-state index contributed by atoms with van der Waals surface area (Å²) in [5.74, 6) is -1.17. The second-order valence-electron chi connectivity index (χ2n) is 4.57. The van der Waals surface area contributed by atoms with Crippen LogP contribution in [0, 0.1) is 0 Å². The van der Waals surface area contributed by atoms with Gasteiger partial charge in [0.25, 0.3) is 0 Å². The highest BCUT2D eigenvalue weighted by Crippen LogP contribution is 2.33. The van der Waals surface area contributed by atoms with E-state index in [0.717, 1.165) is 23.1 Å². The maximum absolute atomic E-state index is 12.8. The van der Waals surface area contributed by atoms with Crippen molar-refractivity contribution in [3.63, 3.8) is 0 Å². The largest absolute Gasteiger partial charge is 0.478 e. The Morgan fingerprint density at radius 1 is 1.00 bits per heavy atom. The molecule has 2 aromatic rings. The lowest BCUT2D eigenvalue weighted by atomic mass is 10.1.